The van der Waals surface area contributed by atoms with Gasteiger partial charge in [-0.05, 0) is 53.6 Å². The van der Waals surface area contributed by atoms with Crippen LogP contribution in [-0.2, 0) is 0 Å². The minimum atomic E-state index is -0.910. The standard InChI is InChI=1S/C16H13ClO3/c17-15-7-11(18)4-5-12(15)14-8-13(14)9-2-1-3-10(6-9)16(19)20/h1-7,13-14,18H,8H2,(H,19,20). The van der Waals surface area contributed by atoms with Crippen molar-refractivity contribution in [2.75, 3.05) is 0 Å². The summed E-state index contributed by atoms with van der Waals surface area (Å²) in [6.45, 7) is 0. The number of halogens is 1. The summed E-state index contributed by atoms with van der Waals surface area (Å²) in [4.78, 5) is 11.0. The third-order valence-electron chi connectivity index (χ3n) is 3.74. The quantitative estimate of drug-likeness (QED) is 0.897. The third kappa shape index (κ3) is 2.37. The average Bonchev–Trinajstić information content (AvgIpc) is 3.19. The number of carboxylic acids is 1. The lowest BCUT2D eigenvalue weighted by Crippen LogP contribution is -1.97. The van der Waals surface area contributed by atoms with Gasteiger partial charge in [-0.3, -0.25) is 0 Å². The molecule has 0 amide bonds. The zero-order valence-corrected chi connectivity index (χ0v) is 11.3. The summed E-state index contributed by atoms with van der Waals surface area (Å²) in [5, 5.41) is 19.0. The van der Waals surface area contributed by atoms with Crippen LogP contribution in [0.4, 0.5) is 0 Å². The highest BCUT2D eigenvalue weighted by molar-refractivity contribution is 6.31. The van der Waals surface area contributed by atoms with E-state index in [1.54, 1.807) is 30.3 Å². The van der Waals surface area contributed by atoms with Crippen LogP contribution in [0.15, 0.2) is 42.5 Å². The SMILES string of the molecule is O=C(O)c1cccc(C2CC2c2ccc(O)cc2Cl)c1. The third-order valence-corrected chi connectivity index (χ3v) is 4.06. The highest BCUT2D eigenvalue weighted by Gasteiger charge is 2.40. The molecule has 1 saturated carbocycles. The van der Waals surface area contributed by atoms with E-state index >= 15 is 0 Å². The van der Waals surface area contributed by atoms with E-state index in [0.717, 1.165) is 17.5 Å². The lowest BCUT2D eigenvalue weighted by molar-refractivity contribution is 0.0697. The van der Waals surface area contributed by atoms with Gasteiger partial charge in [0.15, 0.2) is 0 Å². The smallest absolute Gasteiger partial charge is 0.335 e. The molecule has 2 N–H and O–H groups in total. The number of hydrogen-bond donors (Lipinski definition) is 2. The van der Waals surface area contributed by atoms with Crippen molar-refractivity contribution in [3.05, 3.63) is 64.2 Å². The first-order valence-electron chi connectivity index (χ1n) is 6.38. The Balaban J connectivity index is 1.85. The van der Waals surface area contributed by atoms with E-state index in [9.17, 15) is 9.90 Å². The average molecular weight is 289 g/mol. The van der Waals surface area contributed by atoms with Crippen LogP contribution in [0, 0.1) is 0 Å². The molecular weight excluding hydrogens is 276 g/mol. The van der Waals surface area contributed by atoms with Crippen molar-refractivity contribution in [2.24, 2.45) is 0 Å². The molecule has 1 fully saturated rings. The van der Waals surface area contributed by atoms with Crippen molar-refractivity contribution < 1.29 is 15.0 Å². The molecule has 2 aromatic rings. The molecule has 0 aromatic heterocycles. The molecule has 1 aliphatic rings. The van der Waals surface area contributed by atoms with Crippen molar-refractivity contribution in [1.82, 2.24) is 0 Å². The zero-order chi connectivity index (χ0) is 14.3. The van der Waals surface area contributed by atoms with Gasteiger partial charge in [-0.15, -0.1) is 0 Å². The van der Waals surface area contributed by atoms with Gasteiger partial charge in [0.2, 0.25) is 0 Å². The molecule has 2 unspecified atom stereocenters. The molecule has 4 heteroatoms. The first kappa shape index (κ1) is 13.0. The number of aromatic hydroxyl groups is 1. The molecule has 0 radical (unpaired) electrons. The van der Waals surface area contributed by atoms with Crippen LogP contribution in [-0.4, -0.2) is 16.2 Å². The molecule has 3 nitrogen and oxygen atoms in total. The van der Waals surface area contributed by atoms with Crippen LogP contribution in [0.2, 0.25) is 5.02 Å². The van der Waals surface area contributed by atoms with Crippen molar-refractivity contribution in [1.29, 1.82) is 0 Å². The van der Waals surface area contributed by atoms with Gasteiger partial charge < -0.3 is 10.2 Å². The molecular formula is C16H13ClO3. The normalized spacial score (nSPS) is 20.6. The summed E-state index contributed by atoms with van der Waals surface area (Å²) < 4.78 is 0. The number of hydrogen-bond acceptors (Lipinski definition) is 2. The number of phenolic OH excluding ortho intramolecular Hbond substituents is 1. The molecule has 1 aliphatic carbocycles. The minimum Gasteiger partial charge on any atom is -0.508 e. The fourth-order valence-electron chi connectivity index (χ4n) is 2.63. The van der Waals surface area contributed by atoms with Gasteiger partial charge in [-0.2, -0.15) is 0 Å². The topological polar surface area (TPSA) is 57.5 Å². The fourth-order valence-corrected chi connectivity index (χ4v) is 2.94. The summed E-state index contributed by atoms with van der Waals surface area (Å²) in [7, 11) is 0. The van der Waals surface area contributed by atoms with Crippen molar-refractivity contribution in [3.63, 3.8) is 0 Å². The van der Waals surface area contributed by atoms with Gasteiger partial charge in [0.05, 0.1) is 5.56 Å². The Morgan fingerprint density at radius 2 is 1.95 bits per heavy atom. The second kappa shape index (κ2) is 4.84. The van der Waals surface area contributed by atoms with Crippen LogP contribution in [0.3, 0.4) is 0 Å². The van der Waals surface area contributed by atoms with E-state index in [-0.39, 0.29) is 5.75 Å². The van der Waals surface area contributed by atoms with E-state index < -0.39 is 5.97 Å². The van der Waals surface area contributed by atoms with Crippen molar-refractivity contribution in [2.45, 2.75) is 18.3 Å². The Hall–Kier alpha value is -2.00. The largest absolute Gasteiger partial charge is 0.508 e. The van der Waals surface area contributed by atoms with Crippen molar-refractivity contribution >= 4 is 17.6 Å². The van der Waals surface area contributed by atoms with Crippen LogP contribution in [0.5, 0.6) is 5.75 Å². The molecule has 102 valence electrons. The second-order valence-corrected chi connectivity index (χ2v) is 5.49. The highest BCUT2D eigenvalue weighted by atomic mass is 35.5. The maximum absolute atomic E-state index is 11.0. The first-order chi connectivity index (χ1) is 9.56. The molecule has 0 bridgehead atoms. The number of rotatable bonds is 3. The number of benzene rings is 2. The minimum absolute atomic E-state index is 0.156. The van der Waals surface area contributed by atoms with Gasteiger partial charge in [-0.25, -0.2) is 4.79 Å². The fraction of sp³-hybridized carbons (Fsp3) is 0.188. The number of carbonyl (C=O) groups is 1. The van der Waals surface area contributed by atoms with E-state index in [0.29, 0.717) is 22.4 Å². The monoisotopic (exact) mass is 288 g/mol. The molecule has 0 heterocycles. The number of phenols is 1. The summed E-state index contributed by atoms with van der Waals surface area (Å²) in [5.41, 5.74) is 2.35. The molecule has 20 heavy (non-hydrogen) atoms. The molecule has 0 spiro atoms. The lowest BCUT2D eigenvalue weighted by Gasteiger charge is -2.05. The summed E-state index contributed by atoms with van der Waals surface area (Å²) in [5.74, 6) is -0.154. The van der Waals surface area contributed by atoms with Gasteiger partial charge >= 0.3 is 5.97 Å². The Bertz CT molecular complexity index is 681. The Kier molecular flexibility index (Phi) is 3.14. The molecule has 0 saturated heterocycles. The summed E-state index contributed by atoms with van der Waals surface area (Å²) >= 11 is 6.14. The van der Waals surface area contributed by atoms with E-state index in [2.05, 4.69) is 0 Å². The van der Waals surface area contributed by atoms with Gasteiger partial charge in [0, 0.05) is 5.02 Å². The predicted molar refractivity (Wildman–Crippen MR) is 76.6 cm³/mol. The molecule has 0 aliphatic heterocycles. The molecule has 2 aromatic carbocycles. The number of carboxylic acid groups (broad SMARTS) is 1. The van der Waals surface area contributed by atoms with E-state index in [1.165, 1.54) is 0 Å². The zero-order valence-electron chi connectivity index (χ0n) is 10.6. The van der Waals surface area contributed by atoms with Crippen molar-refractivity contribution in [3.8, 4) is 5.75 Å². The first-order valence-corrected chi connectivity index (χ1v) is 6.75. The number of aromatic carboxylic acids is 1. The summed E-state index contributed by atoms with van der Waals surface area (Å²) in [6, 6.07) is 12.0. The van der Waals surface area contributed by atoms with E-state index in [4.69, 9.17) is 16.7 Å². The van der Waals surface area contributed by atoms with Crippen LogP contribution < -0.4 is 0 Å². The Labute approximate surface area is 121 Å². The van der Waals surface area contributed by atoms with Crippen LogP contribution >= 0.6 is 11.6 Å². The van der Waals surface area contributed by atoms with Gasteiger partial charge in [0.1, 0.15) is 5.75 Å². The van der Waals surface area contributed by atoms with E-state index in [1.807, 2.05) is 12.1 Å². The predicted octanol–water partition coefficient (Wildman–Crippen LogP) is 4.01. The van der Waals surface area contributed by atoms with Crippen LogP contribution in [0.1, 0.15) is 39.7 Å². The molecule has 3 rings (SSSR count). The Morgan fingerprint density at radius 3 is 2.65 bits per heavy atom. The second-order valence-electron chi connectivity index (χ2n) is 5.09. The lowest BCUT2D eigenvalue weighted by atomic mass is 10.0. The van der Waals surface area contributed by atoms with Gasteiger partial charge in [-0.1, -0.05) is 29.8 Å². The Morgan fingerprint density at radius 1 is 1.15 bits per heavy atom. The maximum Gasteiger partial charge on any atom is 0.335 e. The van der Waals surface area contributed by atoms with Crippen LogP contribution in [0.25, 0.3) is 0 Å². The summed E-state index contributed by atoms with van der Waals surface area (Å²) in [6.07, 6.45) is 0.952. The molecule has 2 atom stereocenters. The van der Waals surface area contributed by atoms with Gasteiger partial charge in [0.25, 0.3) is 0 Å². The maximum atomic E-state index is 11.0. The highest BCUT2D eigenvalue weighted by Crippen LogP contribution is 2.56.